The Morgan fingerprint density at radius 3 is 2.24 bits per heavy atom. The van der Waals surface area contributed by atoms with Crippen molar-refractivity contribution in [1.29, 1.82) is 5.26 Å². The number of hydrogen-bond acceptors (Lipinski definition) is 4. The van der Waals surface area contributed by atoms with E-state index < -0.39 is 0 Å². The molecule has 1 unspecified atom stereocenters. The Morgan fingerprint density at radius 1 is 1.06 bits per heavy atom. The average Bonchev–Trinajstić information content (AvgIpc) is 3.07. The Morgan fingerprint density at radius 2 is 1.68 bits per heavy atom. The lowest BCUT2D eigenvalue weighted by Crippen LogP contribution is -2.62. The number of hydrogen-bond donors (Lipinski definition) is 1. The highest BCUT2D eigenvalue weighted by Gasteiger charge is 2.43. The summed E-state index contributed by atoms with van der Waals surface area (Å²) in [6, 6.07) is 15.1. The average molecular weight is 463 g/mol. The zero-order chi connectivity index (χ0) is 24.6. The maximum Gasteiger partial charge on any atom is 0.362 e. The van der Waals surface area contributed by atoms with E-state index in [2.05, 4.69) is 11.4 Å². The Hall–Kier alpha value is -3.17. The van der Waals surface area contributed by atoms with Gasteiger partial charge in [-0.3, -0.25) is 4.79 Å². The van der Waals surface area contributed by atoms with Gasteiger partial charge in [-0.25, -0.2) is 4.79 Å². The van der Waals surface area contributed by atoms with Crippen molar-refractivity contribution in [2.45, 2.75) is 65.5 Å². The van der Waals surface area contributed by atoms with E-state index in [-0.39, 0.29) is 31.1 Å². The van der Waals surface area contributed by atoms with Gasteiger partial charge < -0.3 is 14.5 Å². The fourth-order valence-electron chi connectivity index (χ4n) is 5.19. The van der Waals surface area contributed by atoms with E-state index in [4.69, 9.17) is 4.74 Å². The quantitative estimate of drug-likeness (QED) is 0.441. The molecule has 1 N–H and O–H groups in total. The smallest absolute Gasteiger partial charge is 0.362 e. The second-order valence-electron chi connectivity index (χ2n) is 9.39. The van der Waals surface area contributed by atoms with Gasteiger partial charge in [0, 0.05) is 12.1 Å². The van der Waals surface area contributed by atoms with Crippen molar-refractivity contribution in [2.24, 2.45) is 0 Å². The molecule has 1 atom stereocenters. The summed E-state index contributed by atoms with van der Waals surface area (Å²) >= 11 is 0. The SMILES string of the molecule is CCC(C(=O)Nc1c(C)cc(C#N)cc1C)[N+]1(CC(=O)OCc2ccccc2)CCCCCC1. The molecule has 2 aromatic rings. The van der Waals surface area contributed by atoms with Crippen LogP contribution in [0, 0.1) is 25.2 Å². The number of anilines is 1. The summed E-state index contributed by atoms with van der Waals surface area (Å²) in [6.45, 7) is 7.85. The second-order valence-corrected chi connectivity index (χ2v) is 9.39. The number of likely N-dealkylation sites (tertiary alicyclic amines) is 1. The zero-order valence-corrected chi connectivity index (χ0v) is 20.6. The minimum absolute atomic E-state index is 0.0730. The number of rotatable bonds is 8. The van der Waals surface area contributed by atoms with Crippen molar-refractivity contribution >= 4 is 17.6 Å². The predicted octanol–water partition coefficient (Wildman–Crippen LogP) is 5.03. The highest BCUT2D eigenvalue weighted by molar-refractivity contribution is 5.95. The van der Waals surface area contributed by atoms with Gasteiger partial charge in [0.2, 0.25) is 0 Å². The van der Waals surface area contributed by atoms with Crippen molar-refractivity contribution in [1.82, 2.24) is 0 Å². The van der Waals surface area contributed by atoms with Crippen molar-refractivity contribution in [2.75, 3.05) is 25.0 Å². The molecule has 6 nitrogen and oxygen atoms in total. The monoisotopic (exact) mass is 462 g/mol. The number of aryl methyl sites for hydroxylation is 2. The van der Waals surface area contributed by atoms with Crippen LogP contribution in [0.2, 0.25) is 0 Å². The summed E-state index contributed by atoms with van der Waals surface area (Å²) in [6.07, 6.45) is 4.84. The summed E-state index contributed by atoms with van der Waals surface area (Å²) in [5, 5.41) is 12.4. The van der Waals surface area contributed by atoms with E-state index >= 15 is 0 Å². The molecular weight excluding hydrogens is 426 g/mol. The summed E-state index contributed by atoms with van der Waals surface area (Å²) in [7, 11) is 0. The third-order valence-electron chi connectivity index (χ3n) is 6.90. The lowest BCUT2D eigenvalue weighted by Gasteiger charge is -2.42. The van der Waals surface area contributed by atoms with Gasteiger partial charge in [-0.2, -0.15) is 5.26 Å². The predicted molar refractivity (Wildman–Crippen MR) is 133 cm³/mol. The van der Waals surface area contributed by atoms with Crippen LogP contribution in [-0.4, -0.2) is 42.0 Å². The molecule has 1 heterocycles. The molecule has 3 rings (SSSR count). The molecule has 0 saturated carbocycles. The van der Waals surface area contributed by atoms with E-state index in [9.17, 15) is 14.9 Å². The Kier molecular flexibility index (Phi) is 8.84. The van der Waals surface area contributed by atoms with Crippen LogP contribution in [0.4, 0.5) is 5.69 Å². The number of esters is 1. The molecule has 1 aliphatic heterocycles. The summed E-state index contributed by atoms with van der Waals surface area (Å²) in [4.78, 5) is 26.6. The topological polar surface area (TPSA) is 79.2 Å². The highest BCUT2D eigenvalue weighted by Crippen LogP contribution is 2.28. The van der Waals surface area contributed by atoms with Gasteiger partial charge in [-0.15, -0.1) is 0 Å². The molecule has 180 valence electrons. The number of quaternary nitrogens is 1. The zero-order valence-electron chi connectivity index (χ0n) is 20.6. The number of nitrogens with one attached hydrogen (secondary N) is 1. The third-order valence-corrected chi connectivity index (χ3v) is 6.90. The first-order valence-corrected chi connectivity index (χ1v) is 12.3. The summed E-state index contributed by atoms with van der Waals surface area (Å²) < 4.78 is 6.07. The highest BCUT2D eigenvalue weighted by atomic mass is 16.5. The number of ether oxygens (including phenoxy) is 1. The van der Waals surface area contributed by atoms with Crippen LogP contribution in [0.25, 0.3) is 0 Å². The normalized spacial score (nSPS) is 16.1. The molecule has 1 saturated heterocycles. The van der Waals surface area contributed by atoms with Crippen LogP contribution in [0.1, 0.15) is 61.3 Å². The first-order valence-electron chi connectivity index (χ1n) is 12.3. The Balaban J connectivity index is 1.80. The third kappa shape index (κ3) is 6.24. The van der Waals surface area contributed by atoms with E-state index in [0.717, 1.165) is 61.2 Å². The molecule has 34 heavy (non-hydrogen) atoms. The molecule has 0 aliphatic carbocycles. The largest absolute Gasteiger partial charge is 0.457 e. The number of amides is 1. The van der Waals surface area contributed by atoms with Crippen LogP contribution in [0.3, 0.4) is 0 Å². The fourth-order valence-corrected chi connectivity index (χ4v) is 5.19. The minimum atomic E-state index is -0.350. The molecule has 0 bridgehead atoms. The number of nitriles is 1. The molecule has 2 aromatic carbocycles. The van der Waals surface area contributed by atoms with Crippen molar-refractivity contribution in [3.63, 3.8) is 0 Å². The molecule has 6 heteroatoms. The molecule has 0 spiro atoms. The number of carbonyl (C=O) groups excluding carboxylic acids is 2. The lowest BCUT2D eigenvalue weighted by molar-refractivity contribution is -0.935. The second kappa shape index (κ2) is 11.8. The van der Waals surface area contributed by atoms with Crippen LogP contribution in [0.5, 0.6) is 0 Å². The van der Waals surface area contributed by atoms with Crippen LogP contribution < -0.4 is 5.32 Å². The number of benzene rings is 2. The lowest BCUT2D eigenvalue weighted by atomic mass is 10.0. The van der Waals surface area contributed by atoms with E-state index in [1.807, 2.05) is 51.1 Å². The van der Waals surface area contributed by atoms with E-state index in [1.165, 1.54) is 0 Å². The first kappa shape index (κ1) is 25.5. The molecule has 0 aromatic heterocycles. The van der Waals surface area contributed by atoms with Crippen LogP contribution >= 0.6 is 0 Å². The van der Waals surface area contributed by atoms with Gasteiger partial charge in [-0.05, 0) is 68.4 Å². The first-order chi connectivity index (χ1) is 16.4. The molecule has 0 radical (unpaired) electrons. The summed E-state index contributed by atoms with van der Waals surface area (Å²) in [5.41, 5.74) is 4.02. The van der Waals surface area contributed by atoms with Gasteiger partial charge in [0.1, 0.15) is 6.61 Å². The van der Waals surface area contributed by atoms with Gasteiger partial charge in [-0.1, -0.05) is 37.3 Å². The maximum atomic E-state index is 13.6. The molecule has 1 fully saturated rings. The molecule has 1 aliphatic rings. The van der Waals surface area contributed by atoms with E-state index in [1.54, 1.807) is 12.1 Å². The van der Waals surface area contributed by atoms with Crippen molar-refractivity contribution in [3.05, 3.63) is 64.7 Å². The molecule has 1 amide bonds. The van der Waals surface area contributed by atoms with Gasteiger partial charge >= 0.3 is 5.97 Å². The minimum Gasteiger partial charge on any atom is -0.457 e. The molecular formula is C28H36N3O3+. The van der Waals surface area contributed by atoms with Gasteiger partial charge in [0.15, 0.2) is 12.6 Å². The number of carbonyl (C=O) groups is 2. The standard InChI is InChI=1S/C28H35N3O3/c1-4-25(28(33)30-27-21(2)16-24(18-29)17-22(27)3)31(14-10-5-6-11-15-31)19-26(32)34-20-23-12-8-7-9-13-23/h7-9,12-13,16-17,25H,4-6,10-11,14-15,19-20H2,1-3H3/p+1. The van der Waals surface area contributed by atoms with Crippen molar-refractivity contribution < 1.29 is 18.8 Å². The van der Waals surface area contributed by atoms with Crippen molar-refractivity contribution in [3.8, 4) is 6.07 Å². The Bertz CT molecular complexity index is 1010. The number of nitrogens with zero attached hydrogens (tertiary/aromatic N) is 2. The van der Waals surface area contributed by atoms with Crippen LogP contribution in [-0.2, 0) is 20.9 Å². The Labute approximate surface area is 203 Å². The van der Waals surface area contributed by atoms with Gasteiger partial charge in [0.05, 0.1) is 24.7 Å². The van der Waals surface area contributed by atoms with Gasteiger partial charge in [0.25, 0.3) is 5.91 Å². The maximum absolute atomic E-state index is 13.6. The fraction of sp³-hybridized carbons (Fsp3) is 0.464. The summed E-state index contributed by atoms with van der Waals surface area (Å²) in [5.74, 6) is -0.334. The van der Waals surface area contributed by atoms with E-state index in [0.29, 0.717) is 16.5 Å². The van der Waals surface area contributed by atoms with Crippen LogP contribution in [0.15, 0.2) is 42.5 Å².